The van der Waals surface area contributed by atoms with Crippen LogP contribution >= 0.6 is 15.9 Å². The van der Waals surface area contributed by atoms with Gasteiger partial charge in [0.25, 0.3) is 0 Å². The average Bonchev–Trinajstić information content (AvgIpc) is 2.28. The highest BCUT2D eigenvalue weighted by molar-refractivity contribution is 9.10. The normalized spacial score (nSPS) is 12.8. The highest BCUT2D eigenvalue weighted by Gasteiger charge is 2.15. The van der Waals surface area contributed by atoms with Crippen LogP contribution in [0.25, 0.3) is 0 Å². The molecule has 1 aromatic carbocycles. The summed E-state index contributed by atoms with van der Waals surface area (Å²) in [7, 11) is 0. The number of hydrogen-bond acceptors (Lipinski definition) is 2. The third-order valence-electron chi connectivity index (χ3n) is 2.77. The van der Waals surface area contributed by atoms with Crippen LogP contribution in [0.1, 0.15) is 26.3 Å². The molecule has 0 heterocycles. The van der Waals surface area contributed by atoms with Crippen molar-refractivity contribution in [3.8, 4) is 5.75 Å². The summed E-state index contributed by atoms with van der Waals surface area (Å²) in [5, 5.41) is 3.35. The Bertz CT molecular complexity index is 352. The zero-order chi connectivity index (χ0) is 12.8. The topological polar surface area (TPSA) is 21.3 Å². The average molecular weight is 300 g/mol. The summed E-state index contributed by atoms with van der Waals surface area (Å²) in [6.45, 7) is 10.4. The lowest BCUT2D eigenvalue weighted by molar-refractivity contribution is 0.148. The molecule has 1 aromatic rings. The van der Waals surface area contributed by atoms with Crippen molar-refractivity contribution in [2.75, 3.05) is 13.1 Å². The molecule has 1 N–H and O–H groups in total. The minimum absolute atomic E-state index is 0.211. The number of hydrogen-bond donors (Lipinski definition) is 1. The Morgan fingerprint density at radius 1 is 1.35 bits per heavy atom. The summed E-state index contributed by atoms with van der Waals surface area (Å²) in [6, 6.07) is 6.15. The summed E-state index contributed by atoms with van der Waals surface area (Å²) in [5.74, 6) is 1.46. The van der Waals surface area contributed by atoms with Gasteiger partial charge in [0.2, 0.25) is 0 Å². The molecular weight excluding hydrogens is 278 g/mol. The van der Waals surface area contributed by atoms with Crippen LogP contribution in [-0.2, 0) is 0 Å². The van der Waals surface area contributed by atoms with Crippen molar-refractivity contribution in [1.29, 1.82) is 0 Å². The predicted octanol–water partition coefficient (Wildman–Crippen LogP) is 3.77. The van der Waals surface area contributed by atoms with Gasteiger partial charge < -0.3 is 10.1 Å². The van der Waals surface area contributed by atoms with Gasteiger partial charge in [-0.3, -0.25) is 0 Å². The second-order valence-corrected chi connectivity index (χ2v) is 5.53. The van der Waals surface area contributed by atoms with Gasteiger partial charge >= 0.3 is 0 Å². The Hall–Kier alpha value is -0.540. The summed E-state index contributed by atoms with van der Waals surface area (Å²) < 4.78 is 7.16. The van der Waals surface area contributed by atoms with Crippen molar-refractivity contribution in [1.82, 2.24) is 5.32 Å². The van der Waals surface area contributed by atoms with Gasteiger partial charge in [-0.05, 0) is 37.1 Å². The smallest absolute Gasteiger partial charge is 0.123 e. The van der Waals surface area contributed by atoms with Crippen LogP contribution < -0.4 is 10.1 Å². The van der Waals surface area contributed by atoms with E-state index in [4.69, 9.17) is 4.74 Å². The molecule has 3 heteroatoms. The Labute approximate surface area is 113 Å². The molecule has 0 radical (unpaired) electrons. The molecule has 96 valence electrons. The van der Waals surface area contributed by atoms with E-state index >= 15 is 0 Å². The minimum atomic E-state index is 0.211. The van der Waals surface area contributed by atoms with E-state index in [1.807, 2.05) is 12.1 Å². The Morgan fingerprint density at radius 2 is 2.06 bits per heavy atom. The lowest BCUT2D eigenvalue weighted by Gasteiger charge is -2.24. The number of likely N-dealkylation sites (N-methyl/N-ethyl adjacent to an activating group) is 1. The standard InChI is InChI=1S/C14H22BrNO/c1-5-16-9-14(10(2)3)17-13-8-12(15)7-6-11(13)4/h6-8,10,14,16H,5,9H2,1-4H3. The van der Waals surface area contributed by atoms with E-state index in [2.05, 4.69) is 55.0 Å². The number of benzene rings is 1. The van der Waals surface area contributed by atoms with Crippen LogP contribution in [0.15, 0.2) is 22.7 Å². The third-order valence-corrected chi connectivity index (χ3v) is 3.26. The van der Waals surface area contributed by atoms with Gasteiger partial charge in [0, 0.05) is 11.0 Å². The van der Waals surface area contributed by atoms with Gasteiger partial charge in [0.1, 0.15) is 11.9 Å². The van der Waals surface area contributed by atoms with Gasteiger partial charge in [-0.15, -0.1) is 0 Å². The maximum absolute atomic E-state index is 6.10. The zero-order valence-electron chi connectivity index (χ0n) is 11.1. The first-order valence-electron chi connectivity index (χ1n) is 6.18. The second kappa shape index (κ2) is 7.02. The first-order valence-corrected chi connectivity index (χ1v) is 6.97. The number of nitrogens with one attached hydrogen (secondary N) is 1. The van der Waals surface area contributed by atoms with Crippen molar-refractivity contribution >= 4 is 15.9 Å². The molecule has 0 fully saturated rings. The van der Waals surface area contributed by atoms with Gasteiger partial charge in [-0.1, -0.05) is 42.8 Å². The van der Waals surface area contributed by atoms with Crippen molar-refractivity contribution < 1.29 is 4.74 Å². The molecule has 1 unspecified atom stereocenters. The van der Waals surface area contributed by atoms with E-state index in [9.17, 15) is 0 Å². The van der Waals surface area contributed by atoms with Crippen molar-refractivity contribution in [2.45, 2.75) is 33.8 Å². The predicted molar refractivity (Wildman–Crippen MR) is 76.7 cm³/mol. The van der Waals surface area contributed by atoms with E-state index in [0.717, 1.165) is 23.3 Å². The summed E-state index contributed by atoms with van der Waals surface area (Å²) in [6.07, 6.45) is 0.211. The fourth-order valence-electron chi connectivity index (χ4n) is 1.56. The van der Waals surface area contributed by atoms with Crippen molar-refractivity contribution in [3.63, 3.8) is 0 Å². The quantitative estimate of drug-likeness (QED) is 0.863. The molecule has 0 spiro atoms. The van der Waals surface area contributed by atoms with E-state index < -0.39 is 0 Å². The molecule has 0 aliphatic carbocycles. The molecule has 0 saturated heterocycles. The Kier molecular flexibility index (Phi) is 6.00. The lowest BCUT2D eigenvalue weighted by Crippen LogP contribution is -2.35. The lowest BCUT2D eigenvalue weighted by atomic mass is 10.1. The Morgan fingerprint density at radius 3 is 2.65 bits per heavy atom. The first kappa shape index (κ1) is 14.5. The van der Waals surface area contributed by atoms with Crippen molar-refractivity contribution in [3.05, 3.63) is 28.2 Å². The van der Waals surface area contributed by atoms with Gasteiger partial charge in [0.05, 0.1) is 0 Å². The number of aryl methyl sites for hydroxylation is 1. The fraction of sp³-hybridized carbons (Fsp3) is 0.571. The maximum Gasteiger partial charge on any atom is 0.123 e. The molecule has 17 heavy (non-hydrogen) atoms. The maximum atomic E-state index is 6.10. The van der Waals surface area contributed by atoms with Gasteiger partial charge in [0.15, 0.2) is 0 Å². The molecule has 1 rings (SSSR count). The molecule has 0 bridgehead atoms. The van der Waals surface area contributed by atoms with E-state index in [0.29, 0.717) is 5.92 Å². The number of ether oxygens (including phenoxy) is 1. The summed E-state index contributed by atoms with van der Waals surface area (Å²) >= 11 is 3.48. The highest BCUT2D eigenvalue weighted by atomic mass is 79.9. The number of rotatable bonds is 6. The van der Waals surface area contributed by atoms with E-state index in [1.54, 1.807) is 0 Å². The monoisotopic (exact) mass is 299 g/mol. The third kappa shape index (κ3) is 4.68. The van der Waals surface area contributed by atoms with Crippen molar-refractivity contribution in [2.24, 2.45) is 5.92 Å². The van der Waals surface area contributed by atoms with Crippen LogP contribution in [0, 0.1) is 12.8 Å². The summed E-state index contributed by atoms with van der Waals surface area (Å²) in [5.41, 5.74) is 1.18. The largest absolute Gasteiger partial charge is 0.489 e. The summed E-state index contributed by atoms with van der Waals surface area (Å²) in [4.78, 5) is 0. The minimum Gasteiger partial charge on any atom is -0.489 e. The van der Waals surface area contributed by atoms with Crippen LogP contribution in [-0.4, -0.2) is 19.2 Å². The highest BCUT2D eigenvalue weighted by Crippen LogP contribution is 2.25. The van der Waals surface area contributed by atoms with Crippen LogP contribution in [0.3, 0.4) is 0 Å². The molecule has 1 atom stereocenters. The molecule has 0 saturated carbocycles. The van der Waals surface area contributed by atoms with Gasteiger partial charge in [-0.2, -0.15) is 0 Å². The second-order valence-electron chi connectivity index (χ2n) is 4.62. The van der Waals surface area contributed by atoms with Crippen LogP contribution in [0.2, 0.25) is 0 Å². The molecular formula is C14H22BrNO. The molecule has 0 aliphatic heterocycles. The Balaban J connectivity index is 2.74. The molecule has 0 aromatic heterocycles. The number of halogens is 1. The molecule has 2 nitrogen and oxygen atoms in total. The zero-order valence-corrected chi connectivity index (χ0v) is 12.7. The molecule has 0 aliphatic rings. The van der Waals surface area contributed by atoms with Gasteiger partial charge in [-0.25, -0.2) is 0 Å². The van der Waals surface area contributed by atoms with Crippen LogP contribution in [0.5, 0.6) is 5.75 Å². The first-order chi connectivity index (χ1) is 8.04. The van der Waals surface area contributed by atoms with E-state index in [-0.39, 0.29) is 6.10 Å². The van der Waals surface area contributed by atoms with E-state index in [1.165, 1.54) is 5.56 Å². The fourth-order valence-corrected chi connectivity index (χ4v) is 1.90. The SMILES string of the molecule is CCNCC(Oc1cc(Br)ccc1C)C(C)C. The van der Waals surface area contributed by atoms with Crippen LogP contribution in [0.4, 0.5) is 0 Å². The molecule has 0 amide bonds.